The summed E-state index contributed by atoms with van der Waals surface area (Å²) in [6, 6.07) is 17.0. The second-order valence-electron chi connectivity index (χ2n) is 6.35. The molecule has 3 unspecified atom stereocenters. The molecule has 2 aromatic rings. The molecule has 0 heterocycles. The van der Waals surface area contributed by atoms with Gasteiger partial charge in [0.2, 0.25) is 0 Å². The number of hydrogen-bond acceptors (Lipinski definition) is 5. The zero-order valence-electron chi connectivity index (χ0n) is 15.8. The fraction of sp³-hybridized carbons (Fsp3) is 0.318. The van der Waals surface area contributed by atoms with Crippen LogP contribution in [0.1, 0.15) is 47.9 Å². The molecule has 0 N–H and O–H groups in total. The molecule has 0 aliphatic heterocycles. The summed E-state index contributed by atoms with van der Waals surface area (Å²) in [5.41, 5.74) is 0.745. The fourth-order valence-electron chi connectivity index (χ4n) is 2.96. The Morgan fingerprint density at radius 1 is 0.778 bits per heavy atom. The Bertz CT molecular complexity index is 770. The molecule has 27 heavy (non-hydrogen) atoms. The Morgan fingerprint density at radius 2 is 1.26 bits per heavy atom. The van der Waals surface area contributed by atoms with Gasteiger partial charge in [-0.1, -0.05) is 55.5 Å². The van der Waals surface area contributed by atoms with Crippen molar-refractivity contribution in [2.45, 2.75) is 39.4 Å². The van der Waals surface area contributed by atoms with Gasteiger partial charge in [0.25, 0.3) is 5.78 Å². The predicted octanol–water partition coefficient (Wildman–Crippen LogP) is 4.07. The Balaban J connectivity index is 1.98. The number of benzene rings is 2. The second kappa shape index (κ2) is 9.67. The maximum atomic E-state index is 12.2. The van der Waals surface area contributed by atoms with Crippen LogP contribution >= 0.6 is 0 Å². The summed E-state index contributed by atoms with van der Waals surface area (Å²) in [4.78, 5) is 36.6. The molecule has 5 heteroatoms. The van der Waals surface area contributed by atoms with E-state index in [2.05, 4.69) is 0 Å². The van der Waals surface area contributed by atoms with Gasteiger partial charge in [-0.3, -0.25) is 4.79 Å². The van der Waals surface area contributed by atoms with E-state index in [0.29, 0.717) is 12.0 Å². The van der Waals surface area contributed by atoms with E-state index < -0.39 is 29.9 Å². The molecule has 142 valence electrons. The van der Waals surface area contributed by atoms with E-state index in [0.717, 1.165) is 0 Å². The smallest absolute Gasteiger partial charge is 0.379 e. The molecule has 5 nitrogen and oxygen atoms in total. The molecule has 0 saturated carbocycles. The van der Waals surface area contributed by atoms with Crippen molar-refractivity contribution in [3.05, 3.63) is 71.8 Å². The quantitative estimate of drug-likeness (QED) is 0.399. The van der Waals surface area contributed by atoms with Crippen molar-refractivity contribution in [2.75, 3.05) is 0 Å². The molecule has 0 radical (unpaired) electrons. The van der Waals surface area contributed by atoms with Crippen LogP contribution in [-0.2, 0) is 14.3 Å². The largest absolute Gasteiger partial charge is 0.459 e. The normalized spacial score (nSPS) is 13.9. The molecule has 0 saturated heterocycles. The van der Waals surface area contributed by atoms with Crippen LogP contribution in [0.4, 0.5) is 0 Å². The predicted molar refractivity (Wildman–Crippen MR) is 101 cm³/mol. The Labute approximate surface area is 159 Å². The minimum absolute atomic E-state index is 0.231. The van der Waals surface area contributed by atoms with Gasteiger partial charge >= 0.3 is 11.9 Å². The van der Waals surface area contributed by atoms with Crippen molar-refractivity contribution in [3.8, 4) is 0 Å². The molecule has 0 aromatic heterocycles. The molecule has 2 aromatic carbocycles. The first-order chi connectivity index (χ1) is 12.9. The molecule has 0 fully saturated rings. The standard InChI is InChI=1S/C22H24O5/c1-4-19(15(2)26-21(24)18-13-9-6-10-14-18)16(3)27-22(25)20(23)17-11-7-5-8-12-17/h5-16,19H,4H2,1-3H3. The first-order valence-corrected chi connectivity index (χ1v) is 9.00. The number of Topliss-reactive ketones (excluding diaryl/α,β-unsaturated/α-hetero) is 1. The Hall–Kier alpha value is -2.95. The summed E-state index contributed by atoms with van der Waals surface area (Å²) in [7, 11) is 0. The van der Waals surface area contributed by atoms with E-state index in [1.165, 1.54) is 0 Å². The van der Waals surface area contributed by atoms with Crippen LogP contribution in [0.3, 0.4) is 0 Å². The lowest BCUT2D eigenvalue weighted by Gasteiger charge is -2.28. The zero-order chi connectivity index (χ0) is 19.8. The van der Waals surface area contributed by atoms with Crippen LogP contribution in [0.15, 0.2) is 60.7 Å². The highest BCUT2D eigenvalue weighted by atomic mass is 16.6. The number of esters is 2. The summed E-state index contributed by atoms with van der Waals surface area (Å²) in [6.45, 7) is 5.39. The number of ether oxygens (including phenoxy) is 2. The first-order valence-electron chi connectivity index (χ1n) is 9.00. The van der Waals surface area contributed by atoms with Gasteiger partial charge in [-0.2, -0.15) is 0 Å². The van der Waals surface area contributed by atoms with E-state index in [-0.39, 0.29) is 11.5 Å². The Kier molecular flexibility index (Phi) is 7.29. The number of hydrogen-bond donors (Lipinski definition) is 0. The SMILES string of the molecule is CCC(C(C)OC(=O)C(=O)c1ccccc1)C(C)OC(=O)c1ccccc1. The maximum absolute atomic E-state index is 12.2. The topological polar surface area (TPSA) is 69.7 Å². The van der Waals surface area contributed by atoms with Crippen LogP contribution in [0, 0.1) is 5.92 Å². The first kappa shape index (κ1) is 20.4. The maximum Gasteiger partial charge on any atom is 0.379 e. The highest BCUT2D eigenvalue weighted by molar-refractivity contribution is 6.40. The number of carbonyl (C=O) groups is 3. The molecule has 0 spiro atoms. The number of ketones is 1. The van der Waals surface area contributed by atoms with Crippen LogP contribution in [0.25, 0.3) is 0 Å². The van der Waals surface area contributed by atoms with Gasteiger partial charge < -0.3 is 9.47 Å². The van der Waals surface area contributed by atoms with Crippen LogP contribution in [0.2, 0.25) is 0 Å². The van der Waals surface area contributed by atoms with Gasteiger partial charge in [0, 0.05) is 11.5 Å². The van der Waals surface area contributed by atoms with Gasteiger partial charge in [-0.05, 0) is 32.4 Å². The molecule has 0 aliphatic rings. The van der Waals surface area contributed by atoms with Crippen molar-refractivity contribution in [3.63, 3.8) is 0 Å². The van der Waals surface area contributed by atoms with Crippen molar-refractivity contribution in [2.24, 2.45) is 5.92 Å². The van der Waals surface area contributed by atoms with Crippen LogP contribution in [0.5, 0.6) is 0 Å². The molecule has 3 atom stereocenters. The van der Waals surface area contributed by atoms with E-state index >= 15 is 0 Å². The third-order valence-electron chi connectivity index (χ3n) is 4.49. The third kappa shape index (κ3) is 5.51. The zero-order valence-corrected chi connectivity index (χ0v) is 15.8. The lowest BCUT2D eigenvalue weighted by molar-refractivity contribution is -0.147. The molecule has 0 amide bonds. The van der Waals surface area contributed by atoms with Crippen LogP contribution in [-0.4, -0.2) is 29.9 Å². The molecule has 0 aliphatic carbocycles. The summed E-state index contributed by atoms with van der Waals surface area (Å²) in [5.74, 6) is -2.26. The van der Waals surface area contributed by atoms with Crippen molar-refractivity contribution in [1.29, 1.82) is 0 Å². The van der Waals surface area contributed by atoms with Gasteiger partial charge in [-0.25, -0.2) is 9.59 Å². The summed E-state index contributed by atoms with van der Waals surface area (Å²) in [6.07, 6.45) is -0.428. The van der Waals surface area contributed by atoms with E-state index in [1.54, 1.807) is 68.4 Å². The number of rotatable bonds is 8. The van der Waals surface area contributed by atoms with Gasteiger partial charge in [0.1, 0.15) is 12.2 Å². The van der Waals surface area contributed by atoms with E-state index in [4.69, 9.17) is 9.47 Å². The summed E-state index contributed by atoms with van der Waals surface area (Å²) in [5, 5.41) is 0. The minimum atomic E-state index is -0.909. The third-order valence-corrected chi connectivity index (χ3v) is 4.49. The average Bonchev–Trinajstić information content (AvgIpc) is 2.69. The van der Waals surface area contributed by atoms with Gasteiger partial charge in [0.15, 0.2) is 0 Å². The fourth-order valence-corrected chi connectivity index (χ4v) is 2.96. The van der Waals surface area contributed by atoms with Gasteiger partial charge in [0.05, 0.1) is 5.56 Å². The summed E-state index contributed by atoms with van der Waals surface area (Å²) < 4.78 is 10.9. The van der Waals surface area contributed by atoms with E-state index in [9.17, 15) is 14.4 Å². The van der Waals surface area contributed by atoms with Crippen molar-refractivity contribution < 1.29 is 23.9 Å². The average molecular weight is 368 g/mol. The van der Waals surface area contributed by atoms with Gasteiger partial charge in [-0.15, -0.1) is 0 Å². The van der Waals surface area contributed by atoms with Crippen molar-refractivity contribution in [1.82, 2.24) is 0 Å². The highest BCUT2D eigenvalue weighted by Crippen LogP contribution is 2.21. The molecule has 2 rings (SSSR count). The monoisotopic (exact) mass is 368 g/mol. The second-order valence-corrected chi connectivity index (χ2v) is 6.35. The molecular weight excluding hydrogens is 344 g/mol. The van der Waals surface area contributed by atoms with E-state index in [1.807, 2.05) is 13.0 Å². The molecule has 0 bridgehead atoms. The Morgan fingerprint density at radius 3 is 1.78 bits per heavy atom. The minimum Gasteiger partial charge on any atom is -0.459 e. The number of carbonyl (C=O) groups excluding carboxylic acids is 3. The molecular formula is C22H24O5. The van der Waals surface area contributed by atoms with Crippen molar-refractivity contribution >= 4 is 17.7 Å². The lowest BCUT2D eigenvalue weighted by Crippen LogP contribution is -2.35. The van der Waals surface area contributed by atoms with Crippen LogP contribution < -0.4 is 0 Å². The summed E-state index contributed by atoms with van der Waals surface area (Å²) >= 11 is 0. The lowest BCUT2D eigenvalue weighted by atomic mass is 9.94. The highest BCUT2D eigenvalue weighted by Gasteiger charge is 2.30.